The summed E-state index contributed by atoms with van der Waals surface area (Å²) in [6, 6.07) is 5.15. The first-order valence-electron chi connectivity index (χ1n) is 7.36. The molecule has 5 nitrogen and oxygen atoms in total. The number of methoxy groups -OCH3 is 2. The number of rotatable bonds is 9. The second-order valence-corrected chi connectivity index (χ2v) is 5.01. The van der Waals surface area contributed by atoms with Crippen molar-refractivity contribution in [3.8, 4) is 11.5 Å². The zero-order chi connectivity index (χ0) is 15.7. The summed E-state index contributed by atoms with van der Waals surface area (Å²) in [7, 11) is 3.12. The summed E-state index contributed by atoms with van der Waals surface area (Å²) in [5.41, 5.74) is 6.17. The van der Waals surface area contributed by atoms with Crippen molar-refractivity contribution in [1.82, 2.24) is 5.32 Å². The number of hydrogen-bond donors (Lipinski definition) is 2. The van der Waals surface area contributed by atoms with Gasteiger partial charge in [-0.25, -0.2) is 0 Å². The van der Waals surface area contributed by atoms with E-state index in [1.807, 2.05) is 0 Å². The Bertz CT molecular complexity index is 443. The average molecular weight is 294 g/mol. The van der Waals surface area contributed by atoms with Crippen LogP contribution in [0.2, 0.25) is 0 Å². The molecule has 0 spiro atoms. The molecule has 118 valence electrons. The molecule has 21 heavy (non-hydrogen) atoms. The maximum Gasteiger partial charge on any atom is 0.251 e. The SMILES string of the molecule is CCCC(CCN)CNC(=O)c1ccc(OC)c(OC)c1. The molecular formula is C16H26N2O3. The van der Waals surface area contributed by atoms with E-state index in [2.05, 4.69) is 12.2 Å². The molecular weight excluding hydrogens is 268 g/mol. The first-order chi connectivity index (χ1) is 10.2. The molecule has 1 amide bonds. The molecule has 1 unspecified atom stereocenters. The normalized spacial score (nSPS) is 11.8. The van der Waals surface area contributed by atoms with E-state index < -0.39 is 0 Å². The lowest BCUT2D eigenvalue weighted by Gasteiger charge is -2.16. The van der Waals surface area contributed by atoms with Crippen LogP contribution in [0.5, 0.6) is 11.5 Å². The Balaban J connectivity index is 2.66. The van der Waals surface area contributed by atoms with E-state index in [4.69, 9.17) is 15.2 Å². The summed E-state index contributed by atoms with van der Waals surface area (Å²) in [5.74, 6) is 1.50. The highest BCUT2D eigenvalue weighted by Gasteiger charge is 2.13. The highest BCUT2D eigenvalue weighted by Crippen LogP contribution is 2.27. The van der Waals surface area contributed by atoms with Crippen LogP contribution in [-0.4, -0.2) is 33.2 Å². The van der Waals surface area contributed by atoms with Gasteiger partial charge in [0.1, 0.15) is 0 Å². The maximum atomic E-state index is 12.2. The fourth-order valence-electron chi connectivity index (χ4n) is 2.31. The second kappa shape index (κ2) is 9.23. The third kappa shape index (κ3) is 5.27. The first kappa shape index (κ1) is 17.3. The molecule has 0 aliphatic rings. The molecule has 5 heteroatoms. The quantitative estimate of drug-likeness (QED) is 0.732. The molecule has 0 saturated carbocycles. The van der Waals surface area contributed by atoms with Crippen LogP contribution in [-0.2, 0) is 0 Å². The molecule has 1 aromatic rings. The van der Waals surface area contributed by atoms with Crippen molar-refractivity contribution in [2.24, 2.45) is 11.7 Å². The number of amides is 1. The average Bonchev–Trinajstić information content (AvgIpc) is 2.52. The first-order valence-corrected chi connectivity index (χ1v) is 7.36. The third-order valence-corrected chi connectivity index (χ3v) is 3.47. The molecule has 0 saturated heterocycles. The van der Waals surface area contributed by atoms with Gasteiger partial charge in [-0.05, 0) is 43.5 Å². The predicted octanol–water partition coefficient (Wildman–Crippen LogP) is 2.20. The number of carbonyl (C=O) groups is 1. The van der Waals surface area contributed by atoms with Gasteiger partial charge < -0.3 is 20.5 Å². The molecule has 0 aliphatic heterocycles. The fourth-order valence-corrected chi connectivity index (χ4v) is 2.31. The zero-order valence-electron chi connectivity index (χ0n) is 13.1. The van der Waals surface area contributed by atoms with Crippen molar-refractivity contribution in [1.29, 1.82) is 0 Å². The maximum absolute atomic E-state index is 12.2. The van der Waals surface area contributed by atoms with Crippen LogP contribution in [0.25, 0.3) is 0 Å². The Labute approximate surface area is 126 Å². The lowest BCUT2D eigenvalue weighted by atomic mass is 10.00. The van der Waals surface area contributed by atoms with Crippen LogP contribution in [0.3, 0.4) is 0 Å². The molecule has 0 fully saturated rings. The number of benzene rings is 1. The topological polar surface area (TPSA) is 73.6 Å². The molecule has 0 bridgehead atoms. The number of ether oxygens (including phenoxy) is 2. The summed E-state index contributed by atoms with van der Waals surface area (Å²) >= 11 is 0. The summed E-state index contributed by atoms with van der Waals surface area (Å²) < 4.78 is 10.4. The monoisotopic (exact) mass is 294 g/mol. The Morgan fingerprint density at radius 2 is 1.95 bits per heavy atom. The minimum absolute atomic E-state index is 0.103. The summed E-state index contributed by atoms with van der Waals surface area (Å²) in [6.45, 7) is 3.44. The largest absolute Gasteiger partial charge is 0.493 e. The molecule has 0 radical (unpaired) electrons. The van der Waals surface area contributed by atoms with Crippen LogP contribution in [0.4, 0.5) is 0 Å². The van der Waals surface area contributed by atoms with Crippen LogP contribution in [0, 0.1) is 5.92 Å². The van der Waals surface area contributed by atoms with E-state index in [0.29, 0.717) is 36.1 Å². The van der Waals surface area contributed by atoms with Crippen LogP contribution in [0.1, 0.15) is 36.5 Å². The van der Waals surface area contributed by atoms with Gasteiger partial charge in [0.2, 0.25) is 0 Å². The van der Waals surface area contributed by atoms with Crippen molar-refractivity contribution in [2.75, 3.05) is 27.3 Å². The van der Waals surface area contributed by atoms with Gasteiger partial charge in [-0.3, -0.25) is 4.79 Å². The van der Waals surface area contributed by atoms with Gasteiger partial charge in [-0.2, -0.15) is 0 Å². The van der Waals surface area contributed by atoms with Gasteiger partial charge in [0.15, 0.2) is 11.5 Å². The van der Waals surface area contributed by atoms with Gasteiger partial charge in [0.25, 0.3) is 5.91 Å². The van der Waals surface area contributed by atoms with Gasteiger partial charge in [0, 0.05) is 12.1 Å². The Hall–Kier alpha value is -1.75. The van der Waals surface area contributed by atoms with Gasteiger partial charge in [-0.1, -0.05) is 13.3 Å². The summed E-state index contributed by atoms with van der Waals surface area (Å²) in [4.78, 5) is 12.2. The Kier molecular flexibility index (Phi) is 7.61. The molecule has 0 aliphatic carbocycles. The van der Waals surface area contributed by atoms with Crippen molar-refractivity contribution in [2.45, 2.75) is 26.2 Å². The molecule has 1 aromatic carbocycles. The second-order valence-electron chi connectivity index (χ2n) is 5.01. The highest BCUT2D eigenvalue weighted by atomic mass is 16.5. The Morgan fingerprint density at radius 3 is 2.52 bits per heavy atom. The number of carbonyl (C=O) groups excluding carboxylic acids is 1. The van der Waals surface area contributed by atoms with Crippen molar-refractivity contribution in [3.63, 3.8) is 0 Å². The van der Waals surface area contributed by atoms with E-state index in [1.54, 1.807) is 32.4 Å². The smallest absolute Gasteiger partial charge is 0.251 e. The fraction of sp³-hybridized carbons (Fsp3) is 0.562. The number of nitrogens with one attached hydrogen (secondary N) is 1. The van der Waals surface area contributed by atoms with Crippen LogP contribution in [0.15, 0.2) is 18.2 Å². The van der Waals surface area contributed by atoms with Gasteiger partial charge in [-0.15, -0.1) is 0 Å². The standard InChI is InChI=1S/C16H26N2O3/c1-4-5-12(8-9-17)11-18-16(19)13-6-7-14(20-2)15(10-13)21-3/h6-7,10,12H,4-5,8-9,11,17H2,1-3H3,(H,18,19). The van der Waals surface area contributed by atoms with Crippen molar-refractivity contribution in [3.05, 3.63) is 23.8 Å². The number of hydrogen-bond acceptors (Lipinski definition) is 4. The molecule has 1 rings (SSSR count). The van der Waals surface area contributed by atoms with Crippen LogP contribution < -0.4 is 20.5 Å². The molecule has 1 atom stereocenters. The molecule has 0 heterocycles. The highest BCUT2D eigenvalue weighted by molar-refractivity contribution is 5.94. The van der Waals surface area contributed by atoms with Crippen molar-refractivity contribution < 1.29 is 14.3 Å². The Morgan fingerprint density at radius 1 is 1.24 bits per heavy atom. The summed E-state index contributed by atoms with van der Waals surface area (Å²) in [5, 5.41) is 2.97. The lowest BCUT2D eigenvalue weighted by Crippen LogP contribution is -2.30. The predicted molar refractivity (Wildman–Crippen MR) is 83.9 cm³/mol. The zero-order valence-corrected chi connectivity index (χ0v) is 13.1. The minimum atomic E-state index is -0.103. The summed E-state index contributed by atoms with van der Waals surface area (Å²) in [6.07, 6.45) is 3.10. The third-order valence-electron chi connectivity index (χ3n) is 3.47. The van der Waals surface area contributed by atoms with Gasteiger partial charge in [0.05, 0.1) is 14.2 Å². The van der Waals surface area contributed by atoms with E-state index in [0.717, 1.165) is 19.3 Å². The number of nitrogens with two attached hydrogens (primary N) is 1. The van der Waals surface area contributed by atoms with Crippen molar-refractivity contribution >= 4 is 5.91 Å². The van der Waals surface area contributed by atoms with E-state index in [1.165, 1.54) is 0 Å². The minimum Gasteiger partial charge on any atom is -0.493 e. The van der Waals surface area contributed by atoms with E-state index >= 15 is 0 Å². The van der Waals surface area contributed by atoms with E-state index in [9.17, 15) is 4.79 Å². The molecule has 0 aromatic heterocycles. The van der Waals surface area contributed by atoms with Crippen LogP contribution >= 0.6 is 0 Å². The van der Waals surface area contributed by atoms with E-state index in [-0.39, 0.29) is 5.91 Å². The van der Waals surface area contributed by atoms with Gasteiger partial charge >= 0.3 is 0 Å². The lowest BCUT2D eigenvalue weighted by molar-refractivity contribution is 0.0945. The molecule has 3 N–H and O–H groups in total.